The van der Waals surface area contributed by atoms with Crippen molar-refractivity contribution in [1.82, 2.24) is 0 Å². The second kappa shape index (κ2) is 15.5. The van der Waals surface area contributed by atoms with Gasteiger partial charge in [0.2, 0.25) is 0 Å². The molecule has 0 bridgehead atoms. The van der Waals surface area contributed by atoms with Crippen molar-refractivity contribution in [1.29, 1.82) is 0 Å². The molecule has 2 rings (SSSR count). The number of hydrogen-bond donors (Lipinski definition) is 0. The Bertz CT molecular complexity index is 1210. The molecule has 16 nitrogen and oxygen atoms in total. The van der Waals surface area contributed by atoms with Gasteiger partial charge in [0.25, 0.3) is 0 Å². The lowest BCUT2D eigenvalue weighted by Crippen LogP contribution is -2.65. The van der Waals surface area contributed by atoms with E-state index in [0.717, 1.165) is 34.6 Å². The van der Waals surface area contributed by atoms with Crippen molar-refractivity contribution in [3.63, 3.8) is 0 Å². The van der Waals surface area contributed by atoms with E-state index in [4.69, 9.17) is 37.9 Å². The number of ether oxygens (including phenoxy) is 8. The van der Waals surface area contributed by atoms with Crippen LogP contribution >= 0.6 is 0 Å². The fourth-order valence-electron chi connectivity index (χ4n) is 4.67. The minimum absolute atomic E-state index is 0.432. The summed E-state index contributed by atoms with van der Waals surface area (Å²) in [5.74, 6) is -5.16. The van der Waals surface area contributed by atoms with E-state index in [9.17, 15) is 45.6 Å². The maximum absolute atomic E-state index is 13.1. The zero-order valence-electron chi connectivity index (χ0n) is 25.3. The Kier molecular flexibility index (Phi) is 13.1. The number of alkyl halides is 3. The molecular formula is C25H35F3O16S. The van der Waals surface area contributed by atoms with Crippen molar-refractivity contribution in [2.45, 2.75) is 109 Å². The number of carbonyl (C=O) groups excluding carboxylic acids is 5. The van der Waals surface area contributed by atoms with E-state index < -0.39 is 120 Å². The third-order valence-corrected chi connectivity index (χ3v) is 7.51. The fraction of sp³-hybridized carbons (Fsp3) is 0.800. The van der Waals surface area contributed by atoms with Crippen molar-refractivity contribution < 1.29 is 87.6 Å². The Morgan fingerprint density at radius 1 is 0.644 bits per heavy atom. The molecule has 2 aliphatic heterocycles. The third kappa shape index (κ3) is 10.5. The van der Waals surface area contributed by atoms with Crippen LogP contribution in [0.3, 0.4) is 0 Å². The van der Waals surface area contributed by atoms with E-state index in [2.05, 4.69) is 4.18 Å². The van der Waals surface area contributed by atoms with E-state index >= 15 is 0 Å². The lowest BCUT2D eigenvalue weighted by Gasteiger charge is -2.48. The second-order valence-electron chi connectivity index (χ2n) is 10.2. The van der Waals surface area contributed by atoms with Crippen LogP contribution in [0.15, 0.2) is 0 Å². The maximum atomic E-state index is 13.1. The van der Waals surface area contributed by atoms with Crippen LogP contribution in [0.25, 0.3) is 0 Å². The van der Waals surface area contributed by atoms with Gasteiger partial charge in [-0.1, -0.05) is 6.92 Å². The first-order valence-electron chi connectivity index (χ1n) is 13.4. The number of halogens is 3. The van der Waals surface area contributed by atoms with Crippen LogP contribution < -0.4 is 0 Å². The van der Waals surface area contributed by atoms with Crippen molar-refractivity contribution in [3.05, 3.63) is 0 Å². The summed E-state index contributed by atoms with van der Waals surface area (Å²) in [6.45, 7) is 6.12. The number of esters is 5. The molecule has 0 aromatic carbocycles. The van der Waals surface area contributed by atoms with Crippen LogP contribution in [-0.2, 0) is 76.2 Å². The molecule has 258 valence electrons. The summed E-state index contributed by atoms with van der Waals surface area (Å²) in [5.41, 5.74) is -5.82. The van der Waals surface area contributed by atoms with Crippen LogP contribution in [0, 0.1) is 5.92 Å². The minimum atomic E-state index is -6.16. The molecule has 20 heteroatoms. The molecule has 0 aliphatic carbocycles. The second-order valence-corrected chi connectivity index (χ2v) is 11.8. The molecule has 4 unspecified atom stereocenters. The molecule has 0 saturated carbocycles. The van der Waals surface area contributed by atoms with E-state index in [1.165, 1.54) is 13.8 Å². The molecule has 0 radical (unpaired) electrons. The Morgan fingerprint density at radius 2 is 1.13 bits per heavy atom. The zero-order valence-corrected chi connectivity index (χ0v) is 26.1. The lowest BCUT2D eigenvalue weighted by atomic mass is 9.90. The number of hydrogen-bond acceptors (Lipinski definition) is 16. The summed E-state index contributed by atoms with van der Waals surface area (Å²) < 4.78 is 111. The fourth-order valence-corrected chi connectivity index (χ4v) is 5.12. The molecule has 10 atom stereocenters. The van der Waals surface area contributed by atoms with Crippen molar-refractivity contribution in [3.8, 4) is 0 Å². The first-order chi connectivity index (χ1) is 20.6. The molecule has 0 N–H and O–H groups in total. The molecule has 2 fully saturated rings. The van der Waals surface area contributed by atoms with E-state index in [0.29, 0.717) is 0 Å². The van der Waals surface area contributed by atoms with Gasteiger partial charge in [-0.3, -0.25) is 28.2 Å². The molecular weight excluding hydrogens is 645 g/mol. The third-order valence-electron chi connectivity index (χ3n) is 6.49. The number of rotatable bonds is 11. The van der Waals surface area contributed by atoms with Gasteiger partial charge in [0.05, 0.1) is 12.7 Å². The van der Waals surface area contributed by atoms with Crippen LogP contribution in [0.2, 0.25) is 0 Å². The summed E-state index contributed by atoms with van der Waals surface area (Å²) in [6.07, 6.45) is -13.9. The monoisotopic (exact) mass is 680 g/mol. The maximum Gasteiger partial charge on any atom is 0.523 e. The average molecular weight is 681 g/mol. The Labute approximate surface area is 256 Å². The minimum Gasteiger partial charge on any atom is -0.463 e. The molecule has 45 heavy (non-hydrogen) atoms. The van der Waals surface area contributed by atoms with Gasteiger partial charge in [-0.05, 0) is 6.92 Å². The summed E-state index contributed by atoms with van der Waals surface area (Å²) in [5, 5.41) is 0. The topological polar surface area (TPSA) is 203 Å². The van der Waals surface area contributed by atoms with Crippen LogP contribution in [0.1, 0.15) is 48.5 Å². The van der Waals surface area contributed by atoms with Crippen molar-refractivity contribution in [2.24, 2.45) is 5.92 Å². The molecule has 2 heterocycles. The SMILES string of the molecule is CC(=O)OCC1O[C@@H](O[C@@H]2C(COS(=O)(=O)C(F)(F)F)OC(C)[C@@H](OC(C)=O)[C@@H]2OC(C)=O)C(OC(C)=O)[C@H](OC(C)=O)[C@@H]1C. The number of carbonyl (C=O) groups is 5. The van der Waals surface area contributed by atoms with Crippen LogP contribution in [-0.4, -0.2) is 112 Å². The van der Waals surface area contributed by atoms with E-state index in [1.807, 2.05) is 0 Å². The standard InChI is InChI=1S/C25H35F3O16S/c1-10-17(8-36-12(3)29)43-24(23(42-16(7)33)19(10)39-13(4)30)44-21-18(9-37-45(34,35)25(26,27)28)38-11(2)20(40-14(5)31)22(21)41-15(6)32/h10-11,17-24H,8-9H2,1-7H3/t10-,11?,17?,18?,19-,20-,21-,22+,23?,24+/m1/s1. The highest BCUT2D eigenvalue weighted by molar-refractivity contribution is 7.87. The van der Waals surface area contributed by atoms with E-state index in [-0.39, 0.29) is 0 Å². The first-order valence-corrected chi connectivity index (χ1v) is 14.8. The predicted octanol–water partition coefficient (Wildman–Crippen LogP) is 0.676. The first kappa shape index (κ1) is 38.1. The smallest absolute Gasteiger partial charge is 0.463 e. The van der Waals surface area contributed by atoms with Crippen LogP contribution in [0.4, 0.5) is 13.2 Å². The summed E-state index contributed by atoms with van der Waals surface area (Å²) in [4.78, 5) is 59.6. The Hall–Kier alpha value is -3.07. The van der Waals surface area contributed by atoms with Gasteiger partial charge in [0.1, 0.15) is 31.0 Å². The summed E-state index contributed by atoms with van der Waals surface area (Å²) in [6, 6.07) is 0. The van der Waals surface area contributed by atoms with Gasteiger partial charge in [-0.2, -0.15) is 21.6 Å². The molecule has 2 saturated heterocycles. The van der Waals surface area contributed by atoms with Gasteiger partial charge in [0, 0.05) is 40.5 Å². The summed E-state index contributed by atoms with van der Waals surface area (Å²) >= 11 is 0. The Balaban J connectivity index is 2.64. The molecule has 0 aromatic heterocycles. The quantitative estimate of drug-likeness (QED) is 0.127. The van der Waals surface area contributed by atoms with Crippen LogP contribution in [0.5, 0.6) is 0 Å². The molecule has 2 aliphatic rings. The Morgan fingerprint density at radius 3 is 1.62 bits per heavy atom. The predicted molar refractivity (Wildman–Crippen MR) is 137 cm³/mol. The largest absolute Gasteiger partial charge is 0.523 e. The van der Waals surface area contributed by atoms with Gasteiger partial charge < -0.3 is 37.9 Å². The molecule has 0 spiro atoms. The lowest BCUT2D eigenvalue weighted by molar-refractivity contribution is -0.337. The summed E-state index contributed by atoms with van der Waals surface area (Å²) in [7, 11) is -6.16. The highest BCUT2D eigenvalue weighted by atomic mass is 32.2. The van der Waals surface area contributed by atoms with Crippen molar-refractivity contribution >= 4 is 40.0 Å². The van der Waals surface area contributed by atoms with Gasteiger partial charge >= 0.3 is 45.5 Å². The zero-order chi connectivity index (χ0) is 34.4. The van der Waals surface area contributed by atoms with Gasteiger partial charge in [-0.25, -0.2) is 0 Å². The van der Waals surface area contributed by atoms with Gasteiger partial charge in [0.15, 0.2) is 24.6 Å². The van der Waals surface area contributed by atoms with Gasteiger partial charge in [-0.15, -0.1) is 0 Å². The normalized spacial score (nSPS) is 32.1. The average Bonchev–Trinajstić information content (AvgIpc) is 2.87. The van der Waals surface area contributed by atoms with E-state index in [1.54, 1.807) is 0 Å². The van der Waals surface area contributed by atoms with Crippen molar-refractivity contribution in [2.75, 3.05) is 13.2 Å². The highest BCUT2D eigenvalue weighted by Crippen LogP contribution is 2.36. The molecule has 0 amide bonds. The molecule has 0 aromatic rings. The highest BCUT2D eigenvalue weighted by Gasteiger charge is 2.56.